The Morgan fingerprint density at radius 3 is 1.87 bits per heavy atom. The Hall–Kier alpha value is -4.24. The molecule has 4 unspecified atom stereocenters. The molecular weight excluding hydrogens is 514 g/mol. The normalized spacial score (nSPS) is 13.8. The molecule has 0 bridgehead atoms. The number of nitrogens with two attached hydrogens (primary N) is 4. The van der Waals surface area contributed by atoms with Crippen LogP contribution in [0.15, 0.2) is 24.3 Å². The van der Waals surface area contributed by atoms with Crippen molar-refractivity contribution in [3.63, 3.8) is 0 Å². The average molecular weight is 552 g/mol. The zero-order valence-corrected chi connectivity index (χ0v) is 21.4. The van der Waals surface area contributed by atoms with Crippen molar-refractivity contribution in [1.29, 1.82) is 0 Å². The first-order valence-electron chi connectivity index (χ1n) is 12.3. The third-order valence-electron chi connectivity index (χ3n) is 5.65. The predicted molar refractivity (Wildman–Crippen MR) is 138 cm³/mol. The van der Waals surface area contributed by atoms with Gasteiger partial charge >= 0.3 is 5.97 Å². The minimum absolute atomic E-state index is 0.0356. The van der Waals surface area contributed by atoms with E-state index in [0.717, 1.165) is 0 Å². The first kappa shape index (κ1) is 32.8. The molecule has 0 aliphatic carbocycles. The van der Waals surface area contributed by atoms with E-state index in [1.807, 2.05) is 0 Å². The predicted octanol–water partition coefficient (Wildman–Crippen LogP) is -2.93. The van der Waals surface area contributed by atoms with Gasteiger partial charge < -0.3 is 49.1 Å². The number of carbonyl (C=O) groups is 6. The minimum Gasteiger partial charge on any atom is -0.508 e. The third-order valence-corrected chi connectivity index (χ3v) is 5.65. The van der Waals surface area contributed by atoms with Crippen molar-refractivity contribution in [3.8, 4) is 5.75 Å². The quantitative estimate of drug-likeness (QED) is 0.0837. The zero-order valence-electron chi connectivity index (χ0n) is 21.4. The van der Waals surface area contributed by atoms with Crippen LogP contribution in [0.2, 0.25) is 0 Å². The lowest BCUT2D eigenvalue weighted by Gasteiger charge is -2.25. The molecule has 15 nitrogen and oxygen atoms in total. The minimum atomic E-state index is -1.64. The molecule has 0 saturated carbocycles. The number of aromatic hydroxyl groups is 1. The van der Waals surface area contributed by atoms with Crippen molar-refractivity contribution in [3.05, 3.63) is 29.8 Å². The molecule has 1 aromatic carbocycles. The molecule has 39 heavy (non-hydrogen) atoms. The lowest BCUT2D eigenvalue weighted by molar-refractivity contribution is -0.143. The van der Waals surface area contributed by atoms with Gasteiger partial charge in [-0.3, -0.25) is 24.0 Å². The Morgan fingerprint density at radius 1 is 0.769 bits per heavy atom. The number of nitrogens with one attached hydrogen (secondary N) is 3. The number of hydrogen-bond donors (Lipinski definition) is 9. The van der Waals surface area contributed by atoms with E-state index < -0.39 is 66.1 Å². The number of carbonyl (C=O) groups excluding carboxylic acids is 5. The van der Waals surface area contributed by atoms with Crippen LogP contribution in [-0.4, -0.2) is 76.4 Å². The van der Waals surface area contributed by atoms with E-state index in [1.54, 1.807) is 0 Å². The number of carboxylic acids is 1. The van der Waals surface area contributed by atoms with Crippen molar-refractivity contribution >= 4 is 35.5 Å². The van der Waals surface area contributed by atoms with E-state index in [2.05, 4.69) is 16.0 Å². The molecule has 0 spiro atoms. The molecule has 15 heteroatoms. The number of carboxylic acid groups (broad SMARTS) is 1. The van der Waals surface area contributed by atoms with Gasteiger partial charge in [-0.1, -0.05) is 12.1 Å². The number of rotatable bonds is 18. The number of phenols is 1. The van der Waals surface area contributed by atoms with Crippen molar-refractivity contribution in [1.82, 2.24) is 16.0 Å². The van der Waals surface area contributed by atoms with Gasteiger partial charge in [0.15, 0.2) is 0 Å². The van der Waals surface area contributed by atoms with E-state index in [0.29, 0.717) is 24.9 Å². The van der Waals surface area contributed by atoms with Gasteiger partial charge in [0.2, 0.25) is 29.5 Å². The van der Waals surface area contributed by atoms with Gasteiger partial charge in [-0.25, -0.2) is 4.79 Å². The van der Waals surface area contributed by atoms with Crippen molar-refractivity contribution < 1.29 is 39.0 Å². The smallest absolute Gasteiger partial charge is 0.326 e. The summed E-state index contributed by atoms with van der Waals surface area (Å²) in [5.41, 5.74) is 22.0. The first-order chi connectivity index (χ1) is 18.3. The largest absolute Gasteiger partial charge is 0.508 e. The van der Waals surface area contributed by atoms with E-state index in [1.165, 1.54) is 24.3 Å². The summed E-state index contributed by atoms with van der Waals surface area (Å²) in [5.74, 6) is -5.54. The first-order valence-corrected chi connectivity index (χ1v) is 12.3. The third kappa shape index (κ3) is 12.7. The topological polar surface area (TPSA) is 283 Å². The van der Waals surface area contributed by atoms with Gasteiger partial charge in [-0.05, 0) is 49.9 Å². The van der Waals surface area contributed by atoms with Crippen LogP contribution >= 0.6 is 0 Å². The van der Waals surface area contributed by atoms with Crippen LogP contribution in [-0.2, 0) is 35.2 Å². The number of hydrogen-bond acceptors (Lipinski definition) is 9. The van der Waals surface area contributed by atoms with Crippen LogP contribution < -0.4 is 38.9 Å². The number of phenolic OH excluding ortho intramolecular Hbond substituents is 1. The van der Waals surface area contributed by atoms with Crippen LogP contribution in [0, 0.1) is 0 Å². The SMILES string of the molecule is NCCCCC(NC(=O)C(N)CCC(N)=O)C(=O)NC(Cc1ccc(O)cc1)C(=O)NC(CC(N)=O)C(=O)O. The molecule has 0 aliphatic heterocycles. The second-order valence-electron chi connectivity index (χ2n) is 8.96. The zero-order chi connectivity index (χ0) is 29.5. The maximum Gasteiger partial charge on any atom is 0.326 e. The van der Waals surface area contributed by atoms with E-state index >= 15 is 0 Å². The highest BCUT2D eigenvalue weighted by Crippen LogP contribution is 2.12. The highest BCUT2D eigenvalue weighted by atomic mass is 16.4. The average Bonchev–Trinajstić information content (AvgIpc) is 2.86. The van der Waals surface area contributed by atoms with Crippen LogP contribution in [0.3, 0.4) is 0 Å². The van der Waals surface area contributed by atoms with E-state index in [9.17, 15) is 39.0 Å². The van der Waals surface area contributed by atoms with Gasteiger partial charge in [-0.15, -0.1) is 0 Å². The summed E-state index contributed by atoms with van der Waals surface area (Å²) in [7, 11) is 0. The highest BCUT2D eigenvalue weighted by molar-refractivity contribution is 5.95. The molecule has 0 heterocycles. The highest BCUT2D eigenvalue weighted by Gasteiger charge is 2.31. The lowest BCUT2D eigenvalue weighted by atomic mass is 10.0. The Kier molecular flexibility index (Phi) is 13.9. The summed E-state index contributed by atoms with van der Waals surface area (Å²) >= 11 is 0. The molecule has 4 atom stereocenters. The standard InChI is InChI=1S/C24H37N7O8/c25-10-2-1-3-16(29-21(35)15(26)8-9-19(27)33)22(36)30-17(11-13-4-6-14(32)7-5-13)23(37)31-18(24(38)39)12-20(28)34/h4-7,15-18,32H,1-3,8-12,25-26H2,(H2,27,33)(H2,28,34)(H,29,35)(H,30,36)(H,31,37)(H,38,39). The summed E-state index contributed by atoms with van der Waals surface area (Å²) in [6.07, 6.45) is 0.150. The van der Waals surface area contributed by atoms with E-state index in [-0.39, 0.29) is 31.4 Å². The van der Waals surface area contributed by atoms with Gasteiger partial charge in [0.1, 0.15) is 23.9 Å². The molecule has 0 aliphatic rings. The summed E-state index contributed by atoms with van der Waals surface area (Å²) in [6, 6.07) is 0.483. The summed E-state index contributed by atoms with van der Waals surface area (Å²) in [4.78, 5) is 72.6. The molecule has 13 N–H and O–H groups in total. The molecule has 0 saturated heterocycles. The second-order valence-corrected chi connectivity index (χ2v) is 8.96. The maximum atomic E-state index is 13.2. The number of primary amides is 2. The molecule has 5 amide bonds. The van der Waals surface area contributed by atoms with Crippen LogP contribution in [0.1, 0.15) is 44.1 Å². The number of unbranched alkanes of at least 4 members (excludes halogenated alkanes) is 1. The fourth-order valence-electron chi connectivity index (χ4n) is 3.49. The van der Waals surface area contributed by atoms with Gasteiger partial charge in [0, 0.05) is 12.8 Å². The van der Waals surface area contributed by atoms with Crippen molar-refractivity contribution in [2.75, 3.05) is 6.54 Å². The summed E-state index contributed by atoms with van der Waals surface area (Å²) < 4.78 is 0. The van der Waals surface area contributed by atoms with Gasteiger partial charge in [-0.2, -0.15) is 0 Å². The fourth-order valence-corrected chi connectivity index (χ4v) is 3.49. The summed E-state index contributed by atoms with van der Waals surface area (Å²) in [6.45, 7) is 0.336. The lowest BCUT2D eigenvalue weighted by Crippen LogP contribution is -2.57. The number of aliphatic carboxylic acids is 1. The Balaban J connectivity index is 3.15. The Bertz CT molecular complexity index is 1020. The van der Waals surface area contributed by atoms with Gasteiger partial charge in [0.05, 0.1) is 12.5 Å². The Labute approximate surface area is 225 Å². The number of benzene rings is 1. The molecule has 0 radical (unpaired) electrons. The molecule has 1 rings (SSSR count). The maximum absolute atomic E-state index is 13.2. The fraction of sp³-hybridized carbons (Fsp3) is 0.500. The molecular formula is C24H37N7O8. The van der Waals surface area contributed by atoms with Crippen LogP contribution in [0.4, 0.5) is 0 Å². The van der Waals surface area contributed by atoms with E-state index in [4.69, 9.17) is 22.9 Å². The van der Waals surface area contributed by atoms with Crippen LogP contribution in [0.25, 0.3) is 0 Å². The van der Waals surface area contributed by atoms with Crippen molar-refractivity contribution in [2.24, 2.45) is 22.9 Å². The monoisotopic (exact) mass is 551 g/mol. The molecule has 216 valence electrons. The molecule has 1 aromatic rings. The summed E-state index contributed by atoms with van der Waals surface area (Å²) in [5, 5.41) is 26.1. The van der Waals surface area contributed by atoms with Crippen molar-refractivity contribution in [2.45, 2.75) is 69.1 Å². The Morgan fingerprint density at radius 2 is 1.33 bits per heavy atom. The number of amides is 5. The second kappa shape index (κ2) is 16.6. The molecule has 0 aromatic heterocycles. The van der Waals surface area contributed by atoms with Gasteiger partial charge in [0.25, 0.3) is 0 Å². The molecule has 0 fully saturated rings. The van der Waals surface area contributed by atoms with Crippen LogP contribution in [0.5, 0.6) is 5.75 Å².